The molecule has 0 bridgehead atoms. The Kier molecular flexibility index (Phi) is 5.08. The van der Waals surface area contributed by atoms with Crippen molar-refractivity contribution in [2.24, 2.45) is 5.10 Å². The van der Waals surface area contributed by atoms with Crippen LogP contribution in [0.2, 0.25) is 0 Å². The van der Waals surface area contributed by atoms with Gasteiger partial charge in [-0.25, -0.2) is 4.98 Å². The molecule has 1 aromatic heterocycles. The van der Waals surface area contributed by atoms with E-state index in [9.17, 15) is 0 Å². The van der Waals surface area contributed by atoms with Crippen molar-refractivity contribution >= 4 is 22.7 Å². The van der Waals surface area contributed by atoms with Crippen LogP contribution in [0.4, 0.5) is 5.13 Å². The van der Waals surface area contributed by atoms with Crippen LogP contribution < -0.4 is 14.9 Å². The number of nitrogens with zero attached hydrogens (tertiary/aromatic N) is 2. The van der Waals surface area contributed by atoms with Crippen LogP contribution in [0.3, 0.4) is 0 Å². The zero-order valence-corrected chi connectivity index (χ0v) is 14.2. The van der Waals surface area contributed by atoms with E-state index in [2.05, 4.69) is 15.5 Å². The average Bonchev–Trinajstić information content (AvgIpc) is 3.11. The van der Waals surface area contributed by atoms with Crippen LogP contribution in [-0.4, -0.2) is 25.4 Å². The Hall–Kier alpha value is -2.86. The van der Waals surface area contributed by atoms with Crippen molar-refractivity contribution in [3.05, 3.63) is 59.5 Å². The Morgan fingerprint density at radius 3 is 2.58 bits per heavy atom. The van der Waals surface area contributed by atoms with Gasteiger partial charge in [0, 0.05) is 10.9 Å². The fourth-order valence-electron chi connectivity index (χ4n) is 2.10. The van der Waals surface area contributed by atoms with E-state index in [0.29, 0.717) is 0 Å². The zero-order valence-electron chi connectivity index (χ0n) is 13.4. The first-order chi connectivity index (χ1) is 11.8. The molecule has 0 aliphatic rings. The molecule has 0 fully saturated rings. The van der Waals surface area contributed by atoms with Crippen LogP contribution in [0.25, 0.3) is 11.3 Å². The van der Waals surface area contributed by atoms with Crippen LogP contribution in [-0.2, 0) is 0 Å². The van der Waals surface area contributed by atoms with E-state index < -0.39 is 0 Å². The number of hydrazone groups is 1. The number of anilines is 1. The van der Waals surface area contributed by atoms with E-state index in [1.54, 1.807) is 20.4 Å². The molecule has 0 aliphatic heterocycles. The summed E-state index contributed by atoms with van der Waals surface area (Å²) in [7, 11) is 3.30. The smallest absolute Gasteiger partial charge is 0.203 e. The number of hydrogen-bond acceptors (Lipinski definition) is 6. The normalized spacial score (nSPS) is 10.8. The minimum Gasteiger partial charge on any atom is -0.497 e. The minimum atomic E-state index is 0.736. The Balaban J connectivity index is 1.66. The van der Waals surface area contributed by atoms with Gasteiger partial charge in [0.2, 0.25) is 5.13 Å². The number of hydrogen-bond donors (Lipinski definition) is 1. The number of methoxy groups -OCH3 is 2. The van der Waals surface area contributed by atoms with E-state index in [1.807, 2.05) is 53.9 Å². The number of rotatable bonds is 6. The van der Waals surface area contributed by atoms with Crippen molar-refractivity contribution in [2.75, 3.05) is 19.6 Å². The largest absolute Gasteiger partial charge is 0.497 e. The maximum atomic E-state index is 5.19. The number of ether oxygens (including phenoxy) is 2. The van der Waals surface area contributed by atoms with Gasteiger partial charge in [0.25, 0.3) is 0 Å². The Morgan fingerprint density at radius 2 is 1.83 bits per heavy atom. The van der Waals surface area contributed by atoms with Gasteiger partial charge in [-0.3, -0.25) is 5.43 Å². The third-order valence-electron chi connectivity index (χ3n) is 3.36. The Bertz CT molecular complexity index is 828. The second-order valence-corrected chi connectivity index (χ2v) is 5.77. The van der Waals surface area contributed by atoms with Crippen molar-refractivity contribution in [1.29, 1.82) is 0 Å². The summed E-state index contributed by atoms with van der Waals surface area (Å²) in [4.78, 5) is 4.53. The van der Waals surface area contributed by atoms with Crippen LogP contribution in [0, 0.1) is 0 Å². The number of aromatic nitrogens is 1. The predicted molar refractivity (Wildman–Crippen MR) is 98.3 cm³/mol. The molecule has 3 aromatic rings. The molecule has 0 atom stereocenters. The summed E-state index contributed by atoms with van der Waals surface area (Å²) in [6, 6.07) is 15.5. The highest BCUT2D eigenvalue weighted by molar-refractivity contribution is 7.14. The van der Waals surface area contributed by atoms with Gasteiger partial charge in [0.05, 0.1) is 26.1 Å². The SMILES string of the molecule is COc1ccc(-c2csc(N/N=C/c3cccc(OC)c3)n2)cc1. The summed E-state index contributed by atoms with van der Waals surface area (Å²) in [5.41, 5.74) is 5.85. The van der Waals surface area contributed by atoms with E-state index in [-0.39, 0.29) is 0 Å². The van der Waals surface area contributed by atoms with Crippen molar-refractivity contribution in [3.63, 3.8) is 0 Å². The van der Waals surface area contributed by atoms with Gasteiger partial charge in [-0.05, 0) is 42.0 Å². The molecule has 0 radical (unpaired) electrons. The van der Waals surface area contributed by atoms with Crippen molar-refractivity contribution in [2.45, 2.75) is 0 Å². The monoisotopic (exact) mass is 339 g/mol. The first-order valence-corrected chi connectivity index (χ1v) is 8.19. The number of benzene rings is 2. The molecule has 0 saturated heterocycles. The van der Waals surface area contributed by atoms with Gasteiger partial charge in [-0.2, -0.15) is 5.10 Å². The van der Waals surface area contributed by atoms with Crippen LogP contribution in [0.15, 0.2) is 59.0 Å². The molecule has 0 unspecified atom stereocenters. The molecule has 1 heterocycles. The maximum absolute atomic E-state index is 5.19. The first kappa shape index (κ1) is 16.0. The molecular formula is C18H17N3O2S. The summed E-state index contributed by atoms with van der Waals surface area (Å²) in [6.07, 6.45) is 1.73. The minimum absolute atomic E-state index is 0.736. The quantitative estimate of drug-likeness (QED) is 0.538. The van der Waals surface area contributed by atoms with Gasteiger partial charge >= 0.3 is 0 Å². The van der Waals surface area contributed by atoms with E-state index >= 15 is 0 Å². The summed E-state index contributed by atoms with van der Waals surface area (Å²) < 4.78 is 10.4. The van der Waals surface area contributed by atoms with Crippen molar-refractivity contribution in [3.8, 4) is 22.8 Å². The predicted octanol–water partition coefficient (Wildman–Crippen LogP) is 4.27. The van der Waals surface area contributed by atoms with Crippen molar-refractivity contribution < 1.29 is 9.47 Å². The molecule has 24 heavy (non-hydrogen) atoms. The lowest BCUT2D eigenvalue weighted by atomic mass is 10.2. The van der Waals surface area contributed by atoms with E-state index in [0.717, 1.165) is 33.5 Å². The van der Waals surface area contributed by atoms with Gasteiger partial charge in [0.1, 0.15) is 11.5 Å². The maximum Gasteiger partial charge on any atom is 0.203 e. The summed E-state index contributed by atoms with van der Waals surface area (Å²) in [5.74, 6) is 1.63. The van der Waals surface area contributed by atoms with Gasteiger partial charge in [0.15, 0.2) is 0 Å². The molecule has 0 amide bonds. The molecule has 0 spiro atoms. The lowest BCUT2D eigenvalue weighted by Crippen LogP contribution is -1.91. The third-order valence-corrected chi connectivity index (χ3v) is 4.10. The number of thiazole rings is 1. The van der Waals surface area contributed by atoms with Gasteiger partial charge < -0.3 is 9.47 Å². The highest BCUT2D eigenvalue weighted by Crippen LogP contribution is 2.26. The molecule has 3 rings (SSSR count). The second kappa shape index (κ2) is 7.61. The van der Waals surface area contributed by atoms with E-state index in [1.165, 1.54) is 11.3 Å². The Labute approximate surface area is 144 Å². The molecule has 5 nitrogen and oxygen atoms in total. The molecular weight excluding hydrogens is 322 g/mol. The van der Waals surface area contributed by atoms with Crippen LogP contribution in [0.5, 0.6) is 11.5 Å². The highest BCUT2D eigenvalue weighted by atomic mass is 32.1. The van der Waals surface area contributed by atoms with Crippen LogP contribution in [0.1, 0.15) is 5.56 Å². The molecule has 1 N–H and O–H groups in total. The fourth-order valence-corrected chi connectivity index (χ4v) is 2.77. The molecule has 122 valence electrons. The molecule has 6 heteroatoms. The fraction of sp³-hybridized carbons (Fsp3) is 0.111. The summed E-state index contributed by atoms with van der Waals surface area (Å²) >= 11 is 1.51. The Morgan fingerprint density at radius 1 is 1.04 bits per heavy atom. The topological polar surface area (TPSA) is 55.7 Å². The first-order valence-electron chi connectivity index (χ1n) is 7.31. The molecule has 0 aliphatic carbocycles. The summed E-state index contributed by atoms with van der Waals surface area (Å²) in [6.45, 7) is 0. The van der Waals surface area contributed by atoms with Gasteiger partial charge in [-0.15, -0.1) is 11.3 Å². The standard InChI is InChI=1S/C18H17N3O2S/c1-22-15-8-6-14(7-9-15)17-12-24-18(20-17)21-19-11-13-4-3-5-16(10-13)23-2/h3-12H,1-2H3,(H,20,21)/b19-11+. The molecule has 0 saturated carbocycles. The zero-order chi connectivity index (χ0) is 16.8. The van der Waals surface area contributed by atoms with E-state index in [4.69, 9.17) is 9.47 Å². The third kappa shape index (κ3) is 3.91. The second-order valence-electron chi connectivity index (χ2n) is 4.91. The van der Waals surface area contributed by atoms with Gasteiger partial charge in [-0.1, -0.05) is 12.1 Å². The number of nitrogens with one attached hydrogen (secondary N) is 1. The van der Waals surface area contributed by atoms with Crippen LogP contribution >= 0.6 is 11.3 Å². The molecule has 2 aromatic carbocycles. The highest BCUT2D eigenvalue weighted by Gasteiger charge is 2.04. The summed E-state index contributed by atoms with van der Waals surface area (Å²) in [5, 5.41) is 6.95. The lowest BCUT2D eigenvalue weighted by molar-refractivity contribution is 0.414. The average molecular weight is 339 g/mol. The lowest BCUT2D eigenvalue weighted by Gasteiger charge is -2.00. The van der Waals surface area contributed by atoms with Crippen molar-refractivity contribution in [1.82, 2.24) is 4.98 Å².